The summed E-state index contributed by atoms with van der Waals surface area (Å²) in [6.45, 7) is 2.21. The van der Waals surface area contributed by atoms with E-state index in [4.69, 9.17) is 20.4 Å². The molecule has 7 heteroatoms. The molecule has 1 aromatic carbocycles. The molecule has 2 N–H and O–H groups in total. The molecule has 0 saturated heterocycles. The molecule has 3 aromatic heterocycles. The Morgan fingerprint density at radius 2 is 2.04 bits per heavy atom. The number of fused-ring (bicyclic) bond motifs is 1. The Labute approximate surface area is 160 Å². The number of hydrogen-bond acceptors (Lipinski definition) is 5. The van der Waals surface area contributed by atoms with Crippen LogP contribution >= 0.6 is 11.6 Å². The average molecular weight is 382 g/mol. The third kappa shape index (κ3) is 3.66. The maximum atomic E-state index is 12.5. The van der Waals surface area contributed by atoms with Crippen LogP contribution in [0.25, 0.3) is 11.0 Å². The van der Waals surface area contributed by atoms with Gasteiger partial charge in [0.15, 0.2) is 0 Å². The third-order valence-electron chi connectivity index (χ3n) is 4.12. The molecule has 0 unspecified atom stereocenters. The Morgan fingerprint density at radius 3 is 2.81 bits per heavy atom. The summed E-state index contributed by atoms with van der Waals surface area (Å²) in [5, 5.41) is 7.41. The second kappa shape index (κ2) is 7.17. The van der Waals surface area contributed by atoms with Crippen LogP contribution in [0.15, 0.2) is 63.8 Å². The SMILES string of the molecule is Cc1ccc(Nc2nc(C(=O)NCc3ccco3)cc3occc23)cc1Cl. The first-order chi connectivity index (χ1) is 13.1. The molecule has 0 saturated carbocycles. The number of carbonyl (C=O) groups is 1. The van der Waals surface area contributed by atoms with E-state index in [0.29, 0.717) is 22.2 Å². The Balaban J connectivity index is 1.62. The fraction of sp³-hybridized carbons (Fsp3) is 0.100. The summed E-state index contributed by atoms with van der Waals surface area (Å²) in [6, 6.07) is 12.6. The van der Waals surface area contributed by atoms with E-state index in [1.54, 1.807) is 36.8 Å². The first-order valence-electron chi connectivity index (χ1n) is 8.32. The smallest absolute Gasteiger partial charge is 0.270 e. The molecule has 0 aliphatic rings. The number of rotatable bonds is 5. The fourth-order valence-electron chi connectivity index (χ4n) is 2.66. The lowest BCUT2D eigenvalue weighted by Gasteiger charge is -2.10. The van der Waals surface area contributed by atoms with Gasteiger partial charge in [-0.05, 0) is 42.8 Å². The van der Waals surface area contributed by atoms with Gasteiger partial charge in [0, 0.05) is 16.8 Å². The minimum atomic E-state index is -0.324. The second-order valence-corrected chi connectivity index (χ2v) is 6.45. The molecule has 0 bridgehead atoms. The van der Waals surface area contributed by atoms with E-state index in [2.05, 4.69) is 15.6 Å². The van der Waals surface area contributed by atoms with Crippen LogP contribution in [0.4, 0.5) is 11.5 Å². The number of amides is 1. The molecule has 0 aliphatic heterocycles. The summed E-state index contributed by atoms with van der Waals surface area (Å²) in [5.41, 5.74) is 2.56. The quantitative estimate of drug-likeness (QED) is 0.505. The highest BCUT2D eigenvalue weighted by Crippen LogP contribution is 2.28. The van der Waals surface area contributed by atoms with Crippen molar-refractivity contribution in [1.29, 1.82) is 0 Å². The molecular formula is C20H16ClN3O3. The zero-order chi connectivity index (χ0) is 18.8. The van der Waals surface area contributed by atoms with Crippen molar-refractivity contribution in [2.75, 3.05) is 5.32 Å². The van der Waals surface area contributed by atoms with E-state index < -0.39 is 0 Å². The summed E-state index contributed by atoms with van der Waals surface area (Å²) in [7, 11) is 0. The first kappa shape index (κ1) is 17.2. The van der Waals surface area contributed by atoms with Gasteiger partial charge in [-0.25, -0.2) is 4.98 Å². The maximum absolute atomic E-state index is 12.5. The van der Waals surface area contributed by atoms with Gasteiger partial charge >= 0.3 is 0 Å². The lowest BCUT2D eigenvalue weighted by Crippen LogP contribution is -2.23. The van der Waals surface area contributed by atoms with E-state index in [9.17, 15) is 4.79 Å². The van der Waals surface area contributed by atoms with Gasteiger partial charge in [-0.2, -0.15) is 0 Å². The van der Waals surface area contributed by atoms with E-state index in [0.717, 1.165) is 16.6 Å². The summed E-state index contributed by atoms with van der Waals surface area (Å²) in [5.74, 6) is 0.856. The molecule has 0 spiro atoms. The third-order valence-corrected chi connectivity index (χ3v) is 4.53. The van der Waals surface area contributed by atoms with Crippen molar-refractivity contribution < 1.29 is 13.6 Å². The highest BCUT2D eigenvalue weighted by atomic mass is 35.5. The largest absolute Gasteiger partial charge is 0.467 e. The molecule has 0 atom stereocenters. The zero-order valence-electron chi connectivity index (χ0n) is 14.5. The normalized spacial score (nSPS) is 10.9. The number of benzene rings is 1. The number of pyridine rings is 1. The Morgan fingerprint density at radius 1 is 1.15 bits per heavy atom. The van der Waals surface area contributed by atoms with E-state index in [1.165, 1.54) is 0 Å². The zero-order valence-corrected chi connectivity index (χ0v) is 15.2. The Bertz CT molecular complexity index is 1100. The maximum Gasteiger partial charge on any atom is 0.270 e. The van der Waals surface area contributed by atoms with Crippen LogP contribution in [0.5, 0.6) is 0 Å². The number of halogens is 1. The van der Waals surface area contributed by atoms with Gasteiger partial charge in [-0.15, -0.1) is 0 Å². The van der Waals surface area contributed by atoms with Gasteiger partial charge in [-0.1, -0.05) is 17.7 Å². The topological polar surface area (TPSA) is 80.3 Å². The minimum absolute atomic E-state index is 0.240. The highest BCUT2D eigenvalue weighted by molar-refractivity contribution is 6.31. The standard InChI is InChI=1S/C20H16ClN3O3/c1-12-4-5-13(9-16(12)21)23-19-15-6-8-27-18(15)10-17(24-19)20(25)22-11-14-3-2-7-26-14/h2-10H,11H2,1H3,(H,22,25)(H,23,24). The number of aryl methyl sites for hydroxylation is 1. The molecule has 3 heterocycles. The predicted molar refractivity (Wildman–Crippen MR) is 103 cm³/mol. The van der Waals surface area contributed by atoms with Crippen LogP contribution in [0, 0.1) is 6.92 Å². The van der Waals surface area contributed by atoms with Crippen LogP contribution < -0.4 is 10.6 Å². The van der Waals surface area contributed by atoms with Crippen LogP contribution in [0.3, 0.4) is 0 Å². The monoisotopic (exact) mass is 381 g/mol. The number of nitrogens with one attached hydrogen (secondary N) is 2. The molecule has 0 radical (unpaired) electrons. The van der Waals surface area contributed by atoms with Gasteiger partial charge in [0.2, 0.25) is 0 Å². The number of furan rings is 2. The molecule has 0 fully saturated rings. The second-order valence-electron chi connectivity index (χ2n) is 6.04. The van der Waals surface area contributed by atoms with Crippen molar-refractivity contribution in [3.05, 3.63) is 77.0 Å². The molecule has 4 rings (SSSR count). The van der Waals surface area contributed by atoms with E-state index >= 15 is 0 Å². The van der Waals surface area contributed by atoms with E-state index in [-0.39, 0.29) is 18.1 Å². The van der Waals surface area contributed by atoms with Crippen LogP contribution in [0.1, 0.15) is 21.8 Å². The number of nitrogens with zero attached hydrogens (tertiary/aromatic N) is 1. The highest BCUT2D eigenvalue weighted by Gasteiger charge is 2.15. The van der Waals surface area contributed by atoms with Crippen molar-refractivity contribution in [2.45, 2.75) is 13.5 Å². The van der Waals surface area contributed by atoms with Crippen LogP contribution in [-0.2, 0) is 6.54 Å². The lowest BCUT2D eigenvalue weighted by atomic mass is 10.2. The van der Waals surface area contributed by atoms with Crippen LogP contribution in [-0.4, -0.2) is 10.9 Å². The predicted octanol–water partition coefficient (Wildman–Crippen LogP) is 5.06. The van der Waals surface area contributed by atoms with Gasteiger partial charge in [0.05, 0.1) is 24.5 Å². The van der Waals surface area contributed by atoms with Crippen molar-refractivity contribution >= 4 is 40.0 Å². The molecule has 4 aromatic rings. The summed E-state index contributed by atoms with van der Waals surface area (Å²) in [6.07, 6.45) is 3.12. The summed E-state index contributed by atoms with van der Waals surface area (Å²) < 4.78 is 10.7. The van der Waals surface area contributed by atoms with Crippen molar-refractivity contribution in [3.63, 3.8) is 0 Å². The minimum Gasteiger partial charge on any atom is -0.467 e. The van der Waals surface area contributed by atoms with Crippen molar-refractivity contribution in [1.82, 2.24) is 10.3 Å². The molecule has 0 aliphatic carbocycles. The Kier molecular flexibility index (Phi) is 4.56. The van der Waals surface area contributed by atoms with Gasteiger partial charge in [-0.3, -0.25) is 4.79 Å². The van der Waals surface area contributed by atoms with Gasteiger partial charge < -0.3 is 19.5 Å². The fourth-order valence-corrected chi connectivity index (χ4v) is 2.84. The molecule has 136 valence electrons. The molecule has 27 heavy (non-hydrogen) atoms. The first-order valence-corrected chi connectivity index (χ1v) is 8.70. The van der Waals surface area contributed by atoms with Crippen molar-refractivity contribution in [3.8, 4) is 0 Å². The Hall–Kier alpha value is -3.25. The number of hydrogen-bond donors (Lipinski definition) is 2. The average Bonchev–Trinajstić information content (AvgIpc) is 3.34. The molecular weight excluding hydrogens is 366 g/mol. The lowest BCUT2D eigenvalue weighted by molar-refractivity contribution is 0.0943. The van der Waals surface area contributed by atoms with Crippen LogP contribution in [0.2, 0.25) is 5.02 Å². The van der Waals surface area contributed by atoms with Gasteiger partial charge in [0.1, 0.15) is 22.9 Å². The number of aromatic nitrogens is 1. The van der Waals surface area contributed by atoms with Gasteiger partial charge in [0.25, 0.3) is 5.91 Å². The number of carbonyl (C=O) groups excluding carboxylic acids is 1. The van der Waals surface area contributed by atoms with Crippen molar-refractivity contribution in [2.24, 2.45) is 0 Å². The van der Waals surface area contributed by atoms with E-state index in [1.807, 2.05) is 25.1 Å². The molecule has 6 nitrogen and oxygen atoms in total. The summed E-state index contributed by atoms with van der Waals surface area (Å²) >= 11 is 6.20. The number of anilines is 2. The molecule has 1 amide bonds. The summed E-state index contributed by atoms with van der Waals surface area (Å²) in [4.78, 5) is 17.0.